The number of hydrogen-bond donors (Lipinski definition) is 3. The molecule has 1 aromatic heterocycles. The average molecular weight is 379 g/mol. The quantitative estimate of drug-likeness (QED) is 0.694. The molecule has 0 aromatic carbocycles. The highest BCUT2D eigenvalue weighted by Crippen LogP contribution is 2.24. The van der Waals surface area contributed by atoms with Crippen molar-refractivity contribution in [1.29, 1.82) is 0 Å². The summed E-state index contributed by atoms with van der Waals surface area (Å²) in [5.74, 6) is -3.47. The van der Waals surface area contributed by atoms with E-state index in [1.165, 1.54) is 9.47 Å². The molecule has 1 atom stereocenters. The first-order valence-corrected chi connectivity index (χ1v) is 8.80. The van der Waals surface area contributed by atoms with E-state index in [1.807, 2.05) is 27.7 Å². The Hall–Kier alpha value is -2.84. The molecule has 9 nitrogen and oxygen atoms in total. The van der Waals surface area contributed by atoms with Crippen LogP contribution in [0, 0.1) is 0 Å². The smallest absolute Gasteiger partial charge is 0.341 e. The maximum Gasteiger partial charge on any atom is 0.341 e. The second-order valence-corrected chi connectivity index (χ2v) is 7.63. The van der Waals surface area contributed by atoms with Gasteiger partial charge in [-0.3, -0.25) is 14.4 Å². The number of carboxylic acid groups (broad SMARTS) is 1. The van der Waals surface area contributed by atoms with Gasteiger partial charge in [0.15, 0.2) is 11.4 Å². The number of aromatic hydroxyl groups is 1. The van der Waals surface area contributed by atoms with Crippen molar-refractivity contribution in [3.63, 3.8) is 0 Å². The zero-order valence-electron chi connectivity index (χ0n) is 15.9. The molecule has 2 heterocycles. The van der Waals surface area contributed by atoms with Gasteiger partial charge in [0.2, 0.25) is 11.3 Å². The number of carboxylic acids is 1. The molecule has 0 aliphatic carbocycles. The number of nitrogens with zero attached hydrogens (tertiary/aromatic N) is 2. The van der Waals surface area contributed by atoms with Crippen LogP contribution in [0.1, 0.15) is 61.4 Å². The minimum Gasteiger partial charge on any atom is -0.503 e. The maximum atomic E-state index is 12.9. The largest absolute Gasteiger partial charge is 0.503 e. The molecule has 148 valence electrons. The van der Waals surface area contributed by atoms with Crippen LogP contribution in [0.3, 0.4) is 0 Å². The van der Waals surface area contributed by atoms with Crippen molar-refractivity contribution in [3.05, 3.63) is 27.7 Å². The Kier molecular flexibility index (Phi) is 5.62. The van der Waals surface area contributed by atoms with Gasteiger partial charge in [0.25, 0.3) is 5.91 Å². The Bertz CT molecular complexity index is 837. The van der Waals surface area contributed by atoms with Crippen molar-refractivity contribution in [1.82, 2.24) is 14.8 Å². The molecule has 2 rings (SSSR count). The van der Waals surface area contributed by atoms with Crippen LogP contribution in [-0.2, 0) is 11.3 Å². The van der Waals surface area contributed by atoms with Gasteiger partial charge in [-0.25, -0.2) is 4.79 Å². The van der Waals surface area contributed by atoms with Crippen LogP contribution >= 0.6 is 0 Å². The minimum atomic E-state index is -1.51. The Morgan fingerprint density at radius 3 is 2.44 bits per heavy atom. The van der Waals surface area contributed by atoms with E-state index >= 15 is 0 Å². The van der Waals surface area contributed by atoms with Gasteiger partial charge in [0, 0.05) is 18.3 Å². The van der Waals surface area contributed by atoms with Gasteiger partial charge in [-0.05, 0) is 27.2 Å². The molecule has 0 radical (unpaired) electrons. The summed E-state index contributed by atoms with van der Waals surface area (Å²) >= 11 is 0. The van der Waals surface area contributed by atoms with Crippen LogP contribution in [0.25, 0.3) is 0 Å². The third kappa shape index (κ3) is 4.12. The van der Waals surface area contributed by atoms with Gasteiger partial charge >= 0.3 is 5.97 Å². The predicted molar refractivity (Wildman–Crippen MR) is 97.0 cm³/mol. The topological polar surface area (TPSA) is 129 Å². The summed E-state index contributed by atoms with van der Waals surface area (Å²) in [4.78, 5) is 50.3. The number of fused-ring (bicyclic) bond motifs is 1. The first-order valence-electron chi connectivity index (χ1n) is 8.80. The number of pyridine rings is 1. The number of unbranched alkanes of at least 4 members (excludes halogenated alkanes) is 1. The molecule has 3 N–H and O–H groups in total. The van der Waals surface area contributed by atoms with Crippen molar-refractivity contribution in [3.8, 4) is 5.75 Å². The van der Waals surface area contributed by atoms with Crippen molar-refractivity contribution < 1.29 is 24.6 Å². The lowest BCUT2D eigenvalue weighted by Crippen LogP contribution is -2.58. The standard InChI is InChI=1S/C18H25N3O6/c1-5-6-7-21-11(15(24)19-18(2,3)4)9-20-8-10(17(26)27)13(22)14(23)12(20)16(21)25/h8,11,23H,5-7,9H2,1-4H3,(H,19,24)(H,26,27)/t11-/m1/s1. The number of rotatable bonds is 5. The van der Waals surface area contributed by atoms with Crippen LogP contribution in [0.15, 0.2) is 11.0 Å². The number of aromatic carboxylic acids is 1. The lowest BCUT2D eigenvalue weighted by atomic mass is 10.0. The summed E-state index contributed by atoms with van der Waals surface area (Å²) in [5, 5.41) is 22.1. The fourth-order valence-electron chi connectivity index (χ4n) is 3.00. The average Bonchev–Trinajstić information content (AvgIpc) is 2.54. The first kappa shape index (κ1) is 20.5. The Labute approximate surface area is 156 Å². The zero-order chi connectivity index (χ0) is 20.5. The Balaban J connectivity index is 2.56. The Morgan fingerprint density at radius 2 is 1.93 bits per heavy atom. The molecule has 27 heavy (non-hydrogen) atoms. The number of hydrogen-bond acceptors (Lipinski definition) is 5. The van der Waals surface area contributed by atoms with Crippen LogP contribution in [0.2, 0.25) is 0 Å². The van der Waals surface area contributed by atoms with E-state index < -0.39 is 40.2 Å². The third-order valence-electron chi connectivity index (χ3n) is 4.25. The first-order chi connectivity index (χ1) is 12.5. The van der Waals surface area contributed by atoms with Crippen LogP contribution in [0.4, 0.5) is 0 Å². The van der Waals surface area contributed by atoms with Gasteiger partial charge in [-0.2, -0.15) is 0 Å². The van der Waals surface area contributed by atoms with Gasteiger partial charge in [-0.1, -0.05) is 13.3 Å². The minimum absolute atomic E-state index is 0.0547. The number of aromatic nitrogens is 1. The van der Waals surface area contributed by atoms with Gasteiger partial charge in [0.1, 0.15) is 11.6 Å². The van der Waals surface area contributed by atoms with E-state index in [9.17, 15) is 24.3 Å². The highest BCUT2D eigenvalue weighted by Gasteiger charge is 2.40. The van der Waals surface area contributed by atoms with Crippen molar-refractivity contribution in [2.24, 2.45) is 0 Å². The monoisotopic (exact) mass is 379 g/mol. The second kappa shape index (κ2) is 7.42. The molecule has 0 spiro atoms. The molecule has 0 saturated carbocycles. The molecular weight excluding hydrogens is 354 g/mol. The van der Waals surface area contributed by atoms with Gasteiger partial charge in [-0.15, -0.1) is 0 Å². The summed E-state index contributed by atoms with van der Waals surface area (Å²) in [6, 6.07) is -0.876. The van der Waals surface area contributed by atoms with Gasteiger partial charge < -0.3 is 25.0 Å². The lowest BCUT2D eigenvalue weighted by molar-refractivity contribution is -0.128. The Morgan fingerprint density at radius 1 is 1.30 bits per heavy atom. The van der Waals surface area contributed by atoms with E-state index in [4.69, 9.17) is 5.11 Å². The third-order valence-corrected chi connectivity index (χ3v) is 4.25. The molecule has 1 aliphatic rings. The normalized spacial score (nSPS) is 16.8. The van der Waals surface area contributed by atoms with Crippen LogP contribution < -0.4 is 10.7 Å². The summed E-state index contributed by atoms with van der Waals surface area (Å²) in [6.45, 7) is 7.60. The number of carbonyl (C=O) groups is 3. The highest BCUT2D eigenvalue weighted by atomic mass is 16.4. The van der Waals surface area contributed by atoms with Gasteiger partial charge in [0.05, 0.1) is 6.54 Å². The van der Waals surface area contributed by atoms with Crippen LogP contribution in [-0.4, -0.2) is 55.6 Å². The molecule has 1 aromatic rings. The number of carbonyl (C=O) groups excluding carboxylic acids is 2. The van der Waals surface area contributed by atoms with Crippen LogP contribution in [0.5, 0.6) is 5.75 Å². The lowest BCUT2D eigenvalue weighted by Gasteiger charge is -2.38. The fourth-order valence-corrected chi connectivity index (χ4v) is 3.00. The second-order valence-electron chi connectivity index (χ2n) is 7.63. The summed E-state index contributed by atoms with van der Waals surface area (Å²) in [7, 11) is 0. The molecule has 0 unspecified atom stereocenters. The summed E-state index contributed by atoms with van der Waals surface area (Å²) in [6.07, 6.45) is 2.43. The SMILES string of the molecule is CCCCN1C(=O)c2c(O)c(=O)c(C(=O)O)cn2C[C@@H]1C(=O)NC(C)(C)C. The van der Waals surface area contributed by atoms with E-state index in [0.717, 1.165) is 12.6 Å². The van der Waals surface area contributed by atoms with Crippen molar-refractivity contribution in [2.45, 2.75) is 58.7 Å². The van der Waals surface area contributed by atoms with Crippen molar-refractivity contribution in [2.75, 3.05) is 6.54 Å². The number of amides is 2. The highest BCUT2D eigenvalue weighted by molar-refractivity contribution is 6.00. The summed E-state index contributed by atoms with van der Waals surface area (Å²) < 4.78 is 1.18. The van der Waals surface area contributed by atoms with E-state index in [0.29, 0.717) is 6.42 Å². The number of nitrogens with one attached hydrogen (secondary N) is 1. The zero-order valence-corrected chi connectivity index (χ0v) is 15.9. The van der Waals surface area contributed by atoms with Crippen molar-refractivity contribution >= 4 is 17.8 Å². The molecule has 0 fully saturated rings. The van der Waals surface area contributed by atoms with E-state index in [1.54, 1.807) is 0 Å². The molecule has 2 amide bonds. The molecule has 0 saturated heterocycles. The molecular formula is C18H25N3O6. The fraction of sp³-hybridized carbons (Fsp3) is 0.556. The summed E-state index contributed by atoms with van der Waals surface area (Å²) in [5.41, 5.74) is -2.58. The molecule has 9 heteroatoms. The van der Waals surface area contributed by atoms with E-state index in [-0.39, 0.29) is 24.7 Å². The predicted octanol–water partition coefficient (Wildman–Crippen LogP) is 0.791. The molecule has 1 aliphatic heterocycles. The maximum absolute atomic E-state index is 12.9. The van der Waals surface area contributed by atoms with E-state index in [2.05, 4.69) is 5.32 Å². The molecule has 0 bridgehead atoms.